The number of carboxylic acid groups (broad SMARTS) is 1. The smallest absolute Gasteiger partial charge is 0.309 e. The largest absolute Gasteiger partial charge is 0.481 e. The fraction of sp³-hybridized carbons (Fsp3) is 0.938. The number of carbonyl (C=O) groups is 1. The van der Waals surface area contributed by atoms with Crippen molar-refractivity contribution in [2.45, 2.75) is 86.2 Å². The van der Waals surface area contributed by atoms with Crippen LogP contribution in [0.15, 0.2) is 0 Å². The molecule has 0 radical (unpaired) electrons. The van der Waals surface area contributed by atoms with E-state index >= 15 is 0 Å². The lowest BCUT2D eigenvalue weighted by atomic mass is 9.73. The highest BCUT2D eigenvalue weighted by Crippen LogP contribution is 2.36. The van der Waals surface area contributed by atoms with Gasteiger partial charge in [-0.2, -0.15) is 0 Å². The minimum absolute atomic E-state index is 0.0744. The van der Waals surface area contributed by atoms with Gasteiger partial charge in [0.05, 0.1) is 5.41 Å². The van der Waals surface area contributed by atoms with E-state index < -0.39 is 11.4 Å². The molecule has 19 heavy (non-hydrogen) atoms. The molecule has 0 heterocycles. The predicted molar refractivity (Wildman–Crippen MR) is 81.4 cm³/mol. The maximum atomic E-state index is 11.2. The fourth-order valence-electron chi connectivity index (χ4n) is 2.88. The van der Waals surface area contributed by atoms with Gasteiger partial charge in [-0.15, -0.1) is 0 Å². The summed E-state index contributed by atoms with van der Waals surface area (Å²) in [5.74, 6) is -0.706. The summed E-state index contributed by atoms with van der Waals surface area (Å²) in [5, 5.41) is 12.8. The second kappa shape index (κ2) is 6.25. The number of hydrogen-bond donors (Lipinski definition) is 2. The number of carboxylic acids is 1. The van der Waals surface area contributed by atoms with Crippen LogP contribution in [0.3, 0.4) is 0 Å². The lowest BCUT2D eigenvalue weighted by Crippen LogP contribution is -2.46. The van der Waals surface area contributed by atoms with Crippen LogP contribution >= 0.6 is 0 Å². The van der Waals surface area contributed by atoms with E-state index in [9.17, 15) is 9.90 Å². The molecule has 0 aliphatic carbocycles. The van der Waals surface area contributed by atoms with Crippen LogP contribution in [-0.4, -0.2) is 22.7 Å². The van der Waals surface area contributed by atoms with Crippen molar-refractivity contribution in [3.63, 3.8) is 0 Å². The third kappa shape index (κ3) is 7.56. The van der Waals surface area contributed by atoms with Crippen molar-refractivity contribution in [3.05, 3.63) is 0 Å². The van der Waals surface area contributed by atoms with Gasteiger partial charge >= 0.3 is 5.97 Å². The Kier molecular flexibility index (Phi) is 6.07. The van der Waals surface area contributed by atoms with Gasteiger partial charge in [-0.3, -0.25) is 4.79 Å². The number of nitrogens with one attached hydrogen (secondary N) is 1. The summed E-state index contributed by atoms with van der Waals surface area (Å²) in [4.78, 5) is 11.2. The standard InChI is InChI=1S/C16H33NO2/c1-12(2)17-16(7,8)11-14(3,4)9-10-15(5,6)13(18)19/h12,17H,9-11H2,1-8H3,(H,18,19). The van der Waals surface area contributed by atoms with Crippen molar-refractivity contribution in [2.24, 2.45) is 10.8 Å². The van der Waals surface area contributed by atoms with Gasteiger partial charge in [0.2, 0.25) is 0 Å². The van der Waals surface area contributed by atoms with Crippen molar-refractivity contribution in [1.82, 2.24) is 5.32 Å². The van der Waals surface area contributed by atoms with Gasteiger partial charge in [-0.25, -0.2) is 0 Å². The first-order valence-electron chi connectivity index (χ1n) is 7.29. The molecule has 0 spiro atoms. The van der Waals surface area contributed by atoms with Crippen molar-refractivity contribution in [2.75, 3.05) is 0 Å². The Bertz CT molecular complexity index is 304. The second-order valence-corrected chi connectivity index (χ2v) is 8.21. The molecule has 0 aliphatic heterocycles. The summed E-state index contributed by atoms with van der Waals surface area (Å²) in [5.41, 5.74) is -0.421. The molecule has 114 valence electrons. The molecule has 0 aromatic rings. The van der Waals surface area contributed by atoms with E-state index in [4.69, 9.17) is 0 Å². The van der Waals surface area contributed by atoms with Gasteiger partial charge in [-0.05, 0) is 52.4 Å². The van der Waals surface area contributed by atoms with Crippen molar-refractivity contribution in [3.8, 4) is 0 Å². The Morgan fingerprint density at radius 2 is 1.53 bits per heavy atom. The Hall–Kier alpha value is -0.570. The second-order valence-electron chi connectivity index (χ2n) is 8.21. The normalized spacial score (nSPS) is 13.9. The fourth-order valence-corrected chi connectivity index (χ4v) is 2.88. The third-order valence-electron chi connectivity index (χ3n) is 3.61. The molecule has 0 fully saturated rings. The van der Waals surface area contributed by atoms with Crippen LogP contribution < -0.4 is 5.32 Å². The zero-order chi connectivity index (χ0) is 15.5. The van der Waals surface area contributed by atoms with Gasteiger partial charge in [-0.1, -0.05) is 27.7 Å². The number of hydrogen-bond acceptors (Lipinski definition) is 2. The Morgan fingerprint density at radius 1 is 1.05 bits per heavy atom. The summed E-state index contributed by atoms with van der Waals surface area (Å²) < 4.78 is 0. The van der Waals surface area contributed by atoms with Gasteiger partial charge in [0, 0.05) is 11.6 Å². The van der Waals surface area contributed by atoms with Crippen molar-refractivity contribution < 1.29 is 9.90 Å². The van der Waals surface area contributed by atoms with Gasteiger partial charge in [0.1, 0.15) is 0 Å². The molecule has 0 aromatic heterocycles. The summed E-state index contributed by atoms with van der Waals surface area (Å²) in [6.45, 7) is 16.8. The van der Waals surface area contributed by atoms with Gasteiger partial charge in [0.25, 0.3) is 0 Å². The molecule has 0 bridgehead atoms. The monoisotopic (exact) mass is 271 g/mol. The van der Waals surface area contributed by atoms with E-state index in [1.165, 1.54) is 0 Å². The van der Waals surface area contributed by atoms with E-state index in [0.29, 0.717) is 12.5 Å². The van der Waals surface area contributed by atoms with Gasteiger partial charge < -0.3 is 10.4 Å². The molecule has 0 rings (SSSR count). The zero-order valence-electron chi connectivity index (χ0n) is 14.1. The maximum Gasteiger partial charge on any atom is 0.309 e. The average molecular weight is 271 g/mol. The van der Waals surface area contributed by atoms with E-state index in [1.54, 1.807) is 0 Å². The van der Waals surface area contributed by atoms with Crippen molar-refractivity contribution >= 4 is 5.97 Å². The molecule has 0 saturated heterocycles. The minimum atomic E-state index is -0.706. The van der Waals surface area contributed by atoms with Crippen LogP contribution in [-0.2, 0) is 4.79 Å². The summed E-state index contributed by atoms with van der Waals surface area (Å²) in [6, 6.07) is 0.460. The lowest BCUT2D eigenvalue weighted by molar-refractivity contribution is -0.147. The third-order valence-corrected chi connectivity index (χ3v) is 3.61. The van der Waals surface area contributed by atoms with E-state index in [-0.39, 0.29) is 11.0 Å². The minimum Gasteiger partial charge on any atom is -0.481 e. The van der Waals surface area contributed by atoms with Crippen LogP contribution in [0.5, 0.6) is 0 Å². The predicted octanol–water partition coefficient (Wildman–Crippen LogP) is 4.07. The van der Waals surface area contributed by atoms with E-state index in [1.807, 2.05) is 13.8 Å². The Balaban J connectivity index is 4.52. The summed E-state index contributed by atoms with van der Waals surface area (Å²) in [7, 11) is 0. The van der Waals surface area contributed by atoms with Crippen LogP contribution in [0.4, 0.5) is 0 Å². The topological polar surface area (TPSA) is 49.3 Å². The molecule has 0 aliphatic rings. The highest BCUT2D eigenvalue weighted by Gasteiger charge is 2.33. The van der Waals surface area contributed by atoms with Crippen LogP contribution in [0.2, 0.25) is 0 Å². The quantitative estimate of drug-likeness (QED) is 0.699. The Morgan fingerprint density at radius 3 is 1.89 bits per heavy atom. The van der Waals surface area contributed by atoms with Crippen molar-refractivity contribution in [1.29, 1.82) is 0 Å². The highest BCUT2D eigenvalue weighted by molar-refractivity contribution is 5.73. The molecular weight excluding hydrogens is 238 g/mol. The molecule has 0 atom stereocenters. The molecule has 0 unspecified atom stereocenters. The maximum absolute atomic E-state index is 11.2. The van der Waals surface area contributed by atoms with Gasteiger partial charge in [0.15, 0.2) is 0 Å². The van der Waals surface area contributed by atoms with E-state index in [2.05, 4.69) is 46.9 Å². The first-order chi connectivity index (χ1) is 8.27. The van der Waals surface area contributed by atoms with Crippen LogP contribution in [0.25, 0.3) is 0 Å². The molecule has 3 heteroatoms. The average Bonchev–Trinajstić information content (AvgIpc) is 2.10. The molecule has 0 aromatic carbocycles. The number of rotatable bonds is 8. The Labute approximate surface area is 119 Å². The first kappa shape index (κ1) is 18.4. The molecule has 0 saturated carbocycles. The van der Waals surface area contributed by atoms with Crippen LogP contribution in [0, 0.1) is 10.8 Å². The molecule has 2 N–H and O–H groups in total. The highest BCUT2D eigenvalue weighted by atomic mass is 16.4. The molecule has 3 nitrogen and oxygen atoms in total. The molecular formula is C16H33NO2. The van der Waals surface area contributed by atoms with E-state index in [0.717, 1.165) is 12.8 Å². The SMILES string of the molecule is CC(C)NC(C)(C)CC(C)(C)CCC(C)(C)C(=O)O. The summed E-state index contributed by atoms with van der Waals surface area (Å²) in [6.07, 6.45) is 2.68. The van der Waals surface area contributed by atoms with Crippen LogP contribution in [0.1, 0.15) is 74.7 Å². The molecule has 0 amide bonds. The first-order valence-corrected chi connectivity index (χ1v) is 7.29. The lowest BCUT2D eigenvalue weighted by Gasteiger charge is -2.38. The zero-order valence-corrected chi connectivity index (χ0v) is 14.1. The number of aliphatic carboxylic acids is 1. The summed E-state index contributed by atoms with van der Waals surface area (Å²) >= 11 is 0.